The van der Waals surface area contributed by atoms with Gasteiger partial charge in [-0.25, -0.2) is 0 Å². The van der Waals surface area contributed by atoms with E-state index in [2.05, 4.69) is 18.9 Å². The summed E-state index contributed by atoms with van der Waals surface area (Å²) in [6.45, 7) is 6.87. The topological polar surface area (TPSA) is 69.6 Å². The summed E-state index contributed by atoms with van der Waals surface area (Å²) >= 11 is 0. The van der Waals surface area contributed by atoms with E-state index in [9.17, 15) is 4.79 Å². The molecule has 0 unspecified atom stereocenters. The van der Waals surface area contributed by atoms with E-state index in [1.807, 2.05) is 31.2 Å². The standard InChI is InChI=1S/C18H23N3O2/c1-13(2)8-9-23-16-6-4-15(5-7-16)12-20-21-17(19)10-14(3)11-18(21)22/h4-7,10-13H,8-9,19H2,1-3H3/b20-12-. The van der Waals surface area contributed by atoms with E-state index in [0.29, 0.717) is 18.3 Å². The number of aryl methyl sites for hydroxylation is 1. The number of hydrogen-bond acceptors (Lipinski definition) is 4. The predicted octanol–water partition coefficient (Wildman–Crippen LogP) is 3.05. The molecule has 0 saturated carbocycles. The number of ether oxygens (including phenoxy) is 1. The van der Waals surface area contributed by atoms with Gasteiger partial charge in [-0.05, 0) is 60.7 Å². The lowest BCUT2D eigenvalue weighted by atomic mass is 10.1. The Morgan fingerprint density at radius 3 is 2.57 bits per heavy atom. The van der Waals surface area contributed by atoms with Gasteiger partial charge in [0.1, 0.15) is 11.6 Å². The highest BCUT2D eigenvalue weighted by Gasteiger charge is 2.00. The molecule has 2 rings (SSSR count). The van der Waals surface area contributed by atoms with Crippen LogP contribution in [0.15, 0.2) is 46.3 Å². The van der Waals surface area contributed by atoms with Gasteiger partial charge in [0.2, 0.25) is 0 Å². The Kier molecular flexibility index (Phi) is 5.57. The molecule has 0 saturated heterocycles. The zero-order chi connectivity index (χ0) is 16.8. The van der Waals surface area contributed by atoms with Gasteiger partial charge >= 0.3 is 0 Å². The van der Waals surface area contributed by atoms with Crippen LogP contribution >= 0.6 is 0 Å². The summed E-state index contributed by atoms with van der Waals surface area (Å²) in [6.07, 6.45) is 2.63. The van der Waals surface area contributed by atoms with Gasteiger partial charge in [-0.15, -0.1) is 0 Å². The number of hydrogen-bond donors (Lipinski definition) is 1. The lowest BCUT2D eigenvalue weighted by molar-refractivity contribution is 0.289. The maximum absolute atomic E-state index is 11.9. The summed E-state index contributed by atoms with van der Waals surface area (Å²) in [7, 11) is 0. The first-order chi connectivity index (χ1) is 11.0. The molecule has 0 spiro atoms. The largest absolute Gasteiger partial charge is 0.494 e. The quantitative estimate of drug-likeness (QED) is 0.833. The number of aromatic nitrogens is 1. The van der Waals surface area contributed by atoms with Crippen LogP contribution in [0.3, 0.4) is 0 Å². The summed E-state index contributed by atoms with van der Waals surface area (Å²) in [5.41, 5.74) is 7.27. The van der Waals surface area contributed by atoms with Crippen molar-refractivity contribution < 1.29 is 4.74 Å². The van der Waals surface area contributed by atoms with Crippen molar-refractivity contribution in [3.8, 4) is 5.75 Å². The average Bonchev–Trinajstić information content (AvgIpc) is 2.47. The van der Waals surface area contributed by atoms with Crippen molar-refractivity contribution in [3.63, 3.8) is 0 Å². The lowest BCUT2D eigenvalue weighted by Crippen LogP contribution is -2.19. The number of anilines is 1. The highest BCUT2D eigenvalue weighted by Crippen LogP contribution is 2.12. The van der Waals surface area contributed by atoms with Crippen LogP contribution in [-0.2, 0) is 0 Å². The highest BCUT2D eigenvalue weighted by atomic mass is 16.5. The summed E-state index contributed by atoms with van der Waals surface area (Å²) in [5, 5.41) is 4.15. The predicted molar refractivity (Wildman–Crippen MR) is 94.2 cm³/mol. The fraction of sp³-hybridized carbons (Fsp3) is 0.333. The van der Waals surface area contributed by atoms with Gasteiger partial charge in [-0.1, -0.05) is 13.8 Å². The molecule has 2 N–H and O–H groups in total. The molecule has 23 heavy (non-hydrogen) atoms. The van der Waals surface area contributed by atoms with Crippen LogP contribution in [-0.4, -0.2) is 17.5 Å². The molecule has 2 aromatic rings. The fourth-order valence-corrected chi connectivity index (χ4v) is 2.03. The Morgan fingerprint density at radius 1 is 1.26 bits per heavy atom. The van der Waals surface area contributed by atoms with Crippen LogP contribution in [0.25, 0.3) is 0 Å². The molecule has 1 heterocycles. The van der Waals surface area contributed by atoms with E-state index < -0.39 is 0 Å². The summed E-state index contributed by atoms with van der Waals surface area (Å²) in [4.78, 5) is 11.9. The second-order valence-electron chi connectivity index (χ2n) is 5.95. The SMILES string of the molecule is Cc1cc(N)n(/N=C\c2ccc(OCCC(C)C)cc2)c(=O)c1. The summed E-state index contributed by atoms with van der Waals surface area (Å²) < 4.78 is 6.85. The smallest absolute Gasteiger partial charge is 0.273 e. The second kappa shape index (κ2) is 7.63. The van der Waals surface area contributed by atoms with Crippen LogP contribution in [0.1, 0.15) is 31.4 Å². The molecule has 5 heteroatoms. The third kappa shape index (κ3) is 4.98. The minimum absolute atomic E-state index is 0.243. The van der Waals surface area contributed by atoms with Crippen molar-refractivity contribution in [2.75, 3.05) is 12.3 Å². The summed E-state index contributed by atoms with van der Waals surface area (Å²) in [5.74, 6) is 1.77. The maximum atomic E-state index is 11.9. The monoisotopic (exact) mass is 313 g/mol. The molecular formula is C18H23N3O2. The van der Waals surface area contributed by atoms with Crippen molar-refractivity contribution >= 4 is 12.0 Å². The van der Waals surface area contributed by atoms with Crippen molar-refractivity contribution in [1.29, 1.82) is 0 Å². The van der Waals surface area contributed by atoms with Gasteiger partial charge in [0.15, 0.2) is 0 Å². The van der Waals surface area contributed by atoms with E-state index in [4.69, 9.17) is 10.5 Å². The van der Waals surface area contributed by atoms with E-state index >= 15 is 0 Å². The van der Waals surface area contributed by atoms with Crippen molar-refractivity contribution in [3.05, 3.63) is 57.9 Å². The molecule has 0 fully saturated rings. The average molecular weight is 313 g/mol. The van der Waals surface area contributed by atoms with Gasteiger partial charge in [-0.3, -0.25) is 4.79 Å². The van der Waals surface area contributed by atoms with Crippen molar-refractivity contribution in [2.45, 2.75) is 27.2 Å². The number of pyridine rings is 1. The van der Waals surface area contributed by atoms with E-state index in [1.54, 1.807) is 12.3 Å². The molecule has 0 radical (unpaired) electrons. The Labute approximate surface area is 136 Å². The number of rotatable bonds is 6. The first kappa shape index (κ1) is 16.8. The zero-order valence-electron chi connectivity index (χ0n) is 13.8. The Morgan fingerprint density at radius 2 is 1.96 bits per heavy atom. The lowest BCUT2D eigenvalue weighted by Gasteiger charge is -2.08. The number of nitrogens with two attached hydrogens (primary N) is 1. The minimum atomic E-state index is -0.243. The highest BCUT2D eigenvalue weighted by molar-refractivity contribution is 5.79. The molecule has 1 aromatic heterocycles. The molecule has 0 bridgehead atoms. The van der Waals surface area contributed by atoms with Crippen LogP contribution in [0.4, 0.5) is 5.82 Å². The second-order valence-corrected chi connectivity index (χ2v) is 5.95. The van der Waals surface area contributed by atoms with Crippen LogP contribution in [0, 0.1) is 12.8 Å². The first-order valence-electron chi connectivity index (χ1n) is 7.72. The van der Waals surface area contributed by atoms with Gasteiger partial charge in [0.05, 0.1) is 12.8 Å². The Bertz CT molecular complexity index is 731. The maximum Gasteiger partial charge on any atom is 0.273 e. The van der Waals surface area contributed by atoms with E-state index in [1.165, 1.54) is 10.7 Å². The number of benzene rings is 1. The molecule has 1 aromatic carbocycles. The Balaban J connectivity index is 2.05. The Hall–Kier alpha value is -2.56. The van der Waals surface area contributed by atoms with Gasteiger partial charge in [0.25, 0.3) is 5.56 Å². The van der Waals surface area contributed by atoms with Gasteiger partial charge < -0.3 is 10.5 Å². The molecule has 0 aliphatic carbocycles. The van der Waals surface area contributed by atoms with Crippen molar-refractivity contribution in [1.82, 2.24) is 4.68 Å². The normalized spacial score (nSPS) is 11.3. The molecule has 5 nitrogen and oxygen atoms in total. The van der Waals surface area contributed by atoms with Crippen LogP contribution < -0.4 is 16.0 Å². The molecule has 0 aliphatic heterocycles. The molecule has 0 atom stereocenters. The van der Waals surface area contributed by atoms with E-state index in [0.717, 1.165) is 23.3 Å². The first-order valence-corrected chi connectivity index (χ1v) is 7.72. The van der Waals surface area contributed by atoms with Crippen LogP contribution in [0.2, 0.25) is 0 Å². The van der Waals surface area contributed by atoms with Crippen molar-refractivity contribution in [2.24, 2.45) is 11.0 Å². The molecule has 122 valence electrons. The van der Waals surface area contributed by atoms with E-state index in [-0.39, 0.29) is 5.56 Å². The minimum Gasteiger partial charge on any atom is -0.494 e. The van der Waals surface area contributed by atoms with Gasteiger partial charge in [-0.2, -0.15) is 9.78 Å². The fourth-order valence-electron chi connectivity index (χ4n) is 2.03. The third-order valence-electron chi connectivity index (χ3n) is 3.35. The number of nitrogen functional groups attached to an aromatic ring is 1. The zero-order valence-corrected chi connectivity index (χ0v) is 13.8. The van der Waals surface area contributed by atoms with Crippen LogP contribution in [0.5, 0.6) is 5.75 Å². The molecule has 0 amide bonds. The number of nitrogens with zero attached hydrogens (tertiary/aromatic N) is 2. The molecule has 0 aliphatic rings. The van der Waals surface area contributed by atoms with Gasteiger partial charge in [0, 0.05) is 6.07 Å². The molecular weight excluding hydrogens is 290 g/mol. The third-order valence-corrected chi connectivity index (χ3v) is 3.35. The summed E-state index contributed by atoms with van der Waals surface area (Å²) in [6, 6.07) is 10.8.